The second-order valence-electron chi connectivity index (χ2n) is 5.43. The van der Waals surface area contributed by atoms with Crippen molar-refractivity contribution in [2.45, 2.75) is 26.2 Å². The zero-order chi connectivity index (χ0) is 17.4. The number of aryl methyl sites for hydroxylation is 1. The lowest BCUT2D eigenvalue weighted by molar-refractivity contribution is -0.142. The molecule has 2 aromatic rings. The van der Waals surface area contributed by atoms with Crippen LogP contribution in [-0.4, -0.2) is 18.5 Å². The third kappa shape index (κ3) is 5.43. The van der Waals surface area contributed by atoms with Gasteiger partial charge >= 0.3 is 5.97 Å². The number of carbonyl (C=O) groups is 2. The lowest BCUT2D eigenvalue weighted by Crippen LogP contribution is -2.13. The number of benzene rings is 2. The van der Waals surface area contributed by atoms with E-state index in [1.807, 2.05) is 36.4 Å². The monoisotopic (exact) mass is 326 g/mol. The number of hydrogen-bond acceptors (Lipinski definition) is 4. The Balaban J connectivity index is 1.83. The molecule has 0 bridgehead atoms. The molecule has 2 rings (SSSR count). The first-order chi connectivity index (χ1) is 11.6. The summed E-state index contributed by atoms with van der Waals surface area (Å²) in [5.41, 5.74) is 9.09. The van der Waals surface area contributed by atoms with Gasteiger partial charge < -0.3 is 15.8 Å². The van der Waals surface area contributed by atoms with Crippen LogP contribution < -0.4 is 11.1 Å². The van der Waals surface area contributed by atoms with Crippen LogP contribution in [0.25, 0.3) is 0 Å². The fourth-order valence-corrected chi connectivity index (χ4v) is 2.32. The third-order valence-electron chi connectivity index (χ3n) is 3.57. The molecule has 0 radical (unpaired) electrons. The molecule has 2 aromatic carbocycles. The molecular weight excluding hydrogens is 304 g/mol. The van der Waals surface area contributed by atoms with Gasteiger partial charge in [0.2, 0.25) is 5.91 Å². The zero-order valence-electron chi connectivity index (χ0n) is 13.7. The second-order valence-corrected chi connectivity index (χ2v) is 5.43. The van der Waals surface area contributed by atoms with E-state index in [1.165, 1.54) is 0 Å². The minimum absolute atomic E-state index is 0.0728. The third-order valence-corrected chi connectivity index (χ3v) is 3.57. The first kappa shape index (κ1) is 17.5. The lowest BCUT2D eigenvalue weighted by atomic mass is 10.1. The standard InChI is InChI=1S/C19H22N2O3/c1-2-24-19(23)13-14-7-10-16(11-8-14)21-18(22)12-9-15-5-3-4-6-17(15)20/h3-8,10-11H,2,9,12-13,20H2,1H3,(H,21,22). The number of rotatable bonds is 7. The molecule has 0 aliphatic heterocycles. The highest BCUT2D eigenvalue weighted by Gasteiger charge is 2.07. The summed E-state index contributed by atoms with van der Waals surface area (Å²) in [7, 11) is 0. The molecule has 24 heavy (non-hydrogen) atoms. The summed E-state index contributed by atoms with van der Waals surface area (Å²) in [4.78, 5) is 23.4. The van der Waals surface area contributed by atoms with Crippen LogP contribution in [0, 0.1) is 0 Å². The fourth-order valence-electron chi connectivity index (χ4n) is 2.32. The summed E-state index contributed by atoms with van der Waals surface area (Å²) in [6.45, 7) is 2.15. The van der Waals surface area contributed by atoms with E-state index in [-0.39, 0.29) is 18.3 Å². The largest absolute Gasteiger partial charge is 0.466 e. The van der Waals surface area contributed by atoms with Crippen LogP contribution in [0.5, 0.6) is 0 Å². The number of nitrogens with one attached hydrogen (secondary N) is 1. The van der Waals surface area contributed by atoms with Gasteiger partial charge in [-0.2, -0.15) is 0 Å². The maximum atomic E-state index is 12.0. The summed E-state index contributed by atoms with van der Waals surface area (Å²) in [6.07, 6.45) is 1.19. The molecular formula is C19H22N2O3. The van der Waals surface area contributed by atoms with Crippen molar-refractivity contribution in [1.29, 1.82) is 0 Å². The van der Waals surface area contributed by atoms with Gasteiger partial charge in [0.25, 0.3) is 0 Å². The highest BCUT2D eigenvalue weighted by atomic mass is 16.5. The van der Waals surface area contributed by atoms with E-state index in [2.05, 4.69) is 5.32 Å². The van der Waals surface area contributed by atoms with Crippen molar-refractivity contribution in [3.63, 3.8) is 0 Å². The van der Waals surface area contributed by atoms with Gasteiger partial charge in [-0.25, -0.2) is 0 Å². The summed E-state index contributed by atoms with van der Waals surface area (Å²) in [5.74, 6) is -0.328. The summed E-state index contributed by atoms with van der Waals surface area (Å²) in [6, 6.07) is 14.7. The first-order valence-corrected chi connectivity index (χ1v) is 7.96. The Labute approximate surface area is 141 Å². The Bertz CT molecular complexity index is 696. The Morgan fingerprint density at radius 1 is 1.08 bits per heavy atom. The Kier molecular flexibility index (Phi) is 6.37. The van der Waals surface area contributed by atoms with E-state index in [4.69, 9.17) is 10.5 Å². The Hall–Kier alpha value is -2.82. The molecule has 1 amide bonds. The predicted octanol–water partition coefficient (Wildman–Crippen LogP) is 2.95. The van der Waals surface area contributed by atoms with E-state index >= 15 is 0 Å². The van der Waals surface area contributed by atoms with Gasteiger partial charge in [0.15, 0.2) is 0 Å². The number of amides is 1. The van der Waals surface area contributed by atoms with Gasteiger partial charge in [-0.3, -0.25) is 9.59 Å². The number of anilines is 2. The molecule has 5 nitrogen and oxygen atoms in total. The normalized spacial score (nSPS) is 10.2. The van der Waals surface area contributed by atoms with E-state index in [9.17, 15) is 9.59 Å². The maximum absolute atomic E-state index is 12.0. The molecule has 0 unspecified atom stereocenters. The number of nitrogens with two attached hydrogens (primary N) is 1. The van der Waals surface area contributed by atoms with Crippen LogP contribution >= 0.6 is 0 Å². The molecule has 0 saturated carbocycles. The van der Waals surface area contributed by atoms with Crippen LogP contribution in [0.15, 0.2) is 48.5 Å². The Morgan fingerprint density at radius 3 is 2.46 bits per heavy atom. The molecule has 0 heterocycles. The summed E-state index contributed by atoms with van der Waals surface area (Å²) >= 11 is 0. The molecule has 0 aliphatic carbocycles. The van der Waals surface area contributed by atoms with E-state index in [0.29, 0.717) is 30.8 Å². The van der Waals surface area contributed by atoms with Gasteiger partial charge in [0, 0.05) is 17.8 Å². The number of carbonyl (C=O) groups excluding carboxylic acids is 2. The van der Waals surface area contributed by atoms with Gasteiger partial charge in [-0.15, -0.1) is 0 Å². The van der Waals surface area contributed by atoms with Crippen molar-refractivity contribution in [2.75, 3.05) is 17.7 Å². The first-order valence-electron chi connectivity index (χ1n) is 7.96. The van der Waals surface area contributed by atoms with E-state index < -0.39 is 0 Å². The lowest BCUT2D eigenvalue weighted by Gasteiger charge is -2.08. The molecule has 0 aromatic heterocycles. The van der Waals surface area contributed by atoms with E-state index in [0.717, 1.165) is 11.1 Å². The van der Waals surface area contributed by atoms with Crippen molar-refractivity contribution in [1.82, 2.24) is 0 Å². The van der Waals surface area contributed by atoms with Crippen LogP contribution in [0.1, 0.15) is 24.5 Å². The van der Waals surface area contributed by atoms with Crippen LogP contribution in [0.3, 0.4) is 0 Å². The second kappa shape index (κ2) is 8.72. The summed E-state index contributed by atoms with van der Waals surface area (Å²) in [5, 5.41) is 2.84. The average molecular weight is 326 g/mol. The van der Waals surface area contributed by atoms with Crippen molar-refractivity contribution in [3.8, 4) is 0 Å². The summed E-state index contributed by atoms with van der Waals surface area (Å²) < 4.78 is 4.91. The van der Waals surface area contributed by atoms with Crippen LogP contribution in [-0.2, 0) is 27.2 Å². The highest BCUT2D eigenvalue weighted by molar-refractivity contribution is 5.91. The van der Waals surface area contributed by atoms with Crippen molar-refractivity contribution in [2.24, 2.45) is 0 Å². The van der Waals surface area contributed by atoms with Gasteiger partial charge in [-0.1, -0.05) is 30.3 Å². The molecule has 126 valence electrons. The smallest absolute Gasteiger partial charge is 0.310 e. The quantitative estimate of drug-likeness (QED) is 0.605. The number of ether oxygens (including phenoxy) is 1. The van der Waals surface area contributed by atoms with Crippen LogP contribution in [0.4, 0.5) is 11.4 Å². The van der Waals surface area contributed by atoms with Gasteiger partial charge in [-0.05, 0) is 42.7 Å². The average Bonchev–Trinajstić information content (AvgIpc) is 2.56. The molecule has 0 spiro atoms. The molecule has 0 saturated heterocycles. The topological polar surface area (TPSA) is 81.4 Å². The van der Waals surface area contributed by atoms with Crippen molar-refractivity contribution in [3.05, 3.63) is 59.7 Å². The molecule has 3 N–H and O–H groups in total. The van der Waals surface area contributed by atoms with Crippen molar-refractivity contribution >= 4 is 23.3 Å². The maximum Gasteiger partial charge on any atom is 0.310 e. The van der Waals surface area contributed by atoms with Gasteiger partial charge in [0.05, 0.1) is 13.0 Å². The van der Waals surface area contributed by atoms with Crippen LogP contribution in [0.2, 0.25) is 0 Å². The van der Waals surface area contributed by atoms with E-state index in [1.54, 1.807) is 19.1 Å². The highest BCUT2D eigenvalue weighted by Crippen LogP contribution is 2.14. The fraction of sp³-hybridized carbons (Fsp3) is 0.263. The molecule has 0 atom stereocenters. The molecule has 0 aliphatic rings. The zero-order valence-corrected chi connectivity index (χ0v) is 13.7. The predicted molar refractivity (Wildman–Crippen MR) is 94.6 cm³/mol. The minimum atomic E-state index is -0.255. The van der Waals surface area contributed by atoms with Crippen molar-refractivity contribution < 1.29 is 14.3 Å². The minimum Gasteiger partial charge on any atom is -0.466 e. The number of esters is 1. The Morgan fingerprint density at radius 2 is 1.79 bits per heavy atom. The molecule has 0 fully saturated rings. The van der Waals surface area contributed by atoms with Gasteiger partial charge in [0.1, 0.15) is 0 Å². The molecule has 5 heteroatoms. The number of para-hydroxylation sites is 1. The number of hydrogen-bond donors (Lipinski definition) is 2. The SMILES string of the molecule is CCOC(=O)Cc1ccc(NC(=O)CCc2ccccc2N)cc1. The number of nitrogen functional groups attached to an aromatic ring is 1.